The van der Waals surface area contributed by atoms with Crippen LogP contribution in [-0.4, -0.2) is 281 Å². The van der Waals surface area contributed by atoms with Crippen molar-refractivity contribution in [3.63, 3.8) is 0 Å². The number of aliphatic hydroxyl groups is 5. The summed E-state index contributed by atoms with van der Waals surface area (Å²) < 4.78 is 64.9. The van der Waals surface area contributed by atoms with Crippen molar-refractivity contribution in [3.05, 3.63) is 108 Å². The molecule has 124 heavy (non-hydrogen) atoms. The summed E-state index contributed by atoms with van der Waals surface area (Å²) in [5.74, 6) is -6.79. The van der Waals surface area contributed by atoms with E-state index in [4.69, 9.17) is 78.9 Å². The predicted octanol–water partition coefficient (Wildman–Crippen LogP) is 7.33. The maximum atomic E-state index is 14.6. The van der Waals surface area contributed by atoms with Gasteiger partial charge in [-0.3, -0.25) is 19.2 Å². The molecule has 0 bridgehead atoms. The Hall–Kier alpha value is -8.56. The lowest BCUT2D eigenvalue weighted by molar-refractivity contribution is -0.245. The van der Waals surface area contributed by atoms with Gasteiger partial charge in [-0.2, -0.15) is 10.1 Å². The van der Waals surface area contributed by atoms with Gasteiger partial charge in [-0.05, 0) is 156 Å². The summed E-state index contributed by atoms with van der Waals surface area (Å²) in [7, 11) is 3.09. The number of hydrogen-bond acceptors (Lipinski definition) is 30. The average molecular weight is 1740 g/mol. The van der Waals surface area contributed by atoms with Gasteiger partial charge >= 0.3 is 5.97 Å². The third kappa shape index (κ3) is 28.7. The van der Waals surface area contributed by atoms with Crippen LogP contribution in [0.1, 0.15) is 162 Å². The van der Waals surface area contributed by atoms with Crippen molar-refractivity contribution in [2.45, 2.75) is 237 Å². The SMILES string of the molecule is C=C/C=C/C=C(\C)[C@H](C[C@@H]1CCC[C@](O)(C(=O)C(=O)N2CCCC[C@H]2C(=O)O[C@@H](C[C@@H](O)[C@H](C)/C=C(\C)[C@@H](O)[C@@H](O)/C(=N/OC(C)(C)C(=O)NCCOCCOCCOCCOCCOCCOCCC(=O)N2CCc3cc(Cn4nc(-c5ccc6oc(N)nc6c5)c5c(N)ncnc54)ccc3C2)[C@H](C)CC(C)C)[C@H](N)C[C@@H]2CC[C@@H](O)[C@H](OC)C2)O1)OC. The number of oxazole rings is 1. The maximum absolute atomic E-state index is 14.6. The monoisotopic (exact) mass is 1730 g/mol. The van der Waals surface area contributed by atoms with E-state index in [1.165, 1.54) is 32.8 Å². The molecule has 6 heterocycles. The normalized spacial score (nSPS) is 21.4. The zero-order valence-electron chi connectivity index (χ0n) is 73.8. The van der Waals surface area contributed by atoms with Crippen LogP contribution in [0.2, 0.25) is 0 Å². The Morgan fingerprint density at radius 1 is 0.798 bits per heavy atom. The van der Waals surface area contributed by atoms with Crippen LogP contribution in [0.4, 0.5) is 11.8 Å². The molecule has 34 heteroatoms. The number of nitrogens with zero attached hydrogens (tertiary/aromatic N) is 8. The van der Waals surface area contributed by atoms with Gasteiger partial charge in [-0.1, -0.05) is 88.0 Å². The molecule has 5 aromatic rings. The summed E-state index contributed by atoms with van der Waals surface area (Å²) >= 11 is 0. The number of amides is 3. The zero-order chi connectivity index (χ0) is 89.6. The maximum Gasteiger partial charge on any atom is 0.329 e. The molecule has 4 aliphatic rings. The third-order valence-electron chi connectivity index (χ3n) is 23.4. The van der Waals surface area contributed by atoms with E-state index in [9.17, 15) is 49.5 Å². The molecule has 14 atom stereocenters. The Balaban J connectivity index is 0.635. The lowest BCUT2D eigenvalue weighted by Crippen LogP contribution is -2.58. The Bertz CT molecular complexity index is 4400. The van der Waals surface area contributed by atoms with Crippen molar-refractivity contribution in [2.75, 3.05) is 125 Å². The van der Waals surface area contributed by atoms with Crippen molar-refractivity contribution in [1.82, 2.24) is 39.8 Å². The van der Waals surface area contributed by atoms with Crippen molar-refractivity contribution in [3.8, 4) is 11.3 Å². The fourth-order valence-corrected chi connectivity index (χ4v) is 16.3. The van der Waals surface area contributed by atoms with Crippen molar-refractivity contribution in [2.24, 2.45) is 34.6 Å². The van der Waals surface area contributed by atoms with Crippen LogP contribution in [0.15, 0.2) is 100 Å². The van der Waals surface area contributed by atoms with E-state index in [1.807, 2.05) is 67.6 Å². The lowest BCUT2D eigenvalue weighted by Gasteiger charge is -2.40. The molecule has 1 aliphatic carbocycles. The number of nitrogens with two attached hydrogens (primary N) is 3. The zero-order valence-corrected chi connectivity index (χ0v) is 73.8. The largest absolute Gasteiger partial charge is 0.459 e. The summed E-state index contributed by atoms with van der Waals surface area (Å²) in [4.78, 5) is 91.8. The summed E-state index contributed by atoms with van der Waals surface area (Å²) in [6, 6.07) is 9.79. The fraction of sp³-hybridized carbons (Fsp3) is 0.644. The Morgan fingerprint density at radius 2 is 1.49 bits per heavy atom. The van der Waals surface area contributed by atoms with Crippen LogP contribution in [0.3, 0.4) is 0 Å². The Labute approximate surface area is 726 Å². The summed E-state index contributed by atoms with van der Waals surface area (Å²) in [6.07, 6.45) is 7.87. The molecule has 3 aromatic heterocycles. The first-order chi connectivity index (χ1) is 59.4. The molecule has 3 aliphatic heterocycles. The number of piperidine rings is 1. The smallest absolute Gasteiger partial charge is 0.329 e. The number of carbonyl (C=O) groups excluding carboxylic acids is 5. The number of anilines is 2. The second-order valence-corrected chi connectivity index (χ2v) is 33.8. The second-order valence-electron chi connectivity index (χ2n) is 33.8. The molecule has 3 fully saturated rings. The minimum Gasteiger partial charge on any atom is -0.459 e. The third-order valence-corrected chi connectivity index (χ3v) is 23.4. The van der Waals surface area contributed by atoms with Crippen molar-refractivity contribution >= 4 is 69.2 Å². The van der Waals surface area contributed by atoms with Crippen LogP contribution in [-0.2, 0) is 95.7 Å². The number of ketones is 1. The first-order valence-corrected chi connectivity index (χ1v) is 43.6. The number of aromatic nitrogens is 5. The molecule has 0 radical (unpaired) electrons. The van der Waals surface area contributed by atoms with E-state index in [0.29, 0.717) is 177 Å². The van der Waals surface area contributed by atoms with E-state index in [1.54, 1.807) is 45.3 Å². The lowest BCUT2D eigenvalue weighted by atomic mass is 9.80. The summed E-state index contributed by atoms with van der Waals surface area (Å²) in [6.45, 7) is 23.4. The minimum absolute atomic E-state index is 0.0267. The molecular weight excluding hydrogens is 1600 g/mol. The van der Waals surface area contributed by atoms with Crippen molar-refractivity contribution in [1.29, 1.82) is 0 Å². The van der Waals surface area contributed by atoms with Gasteiger partial charge in [0.2, 0.25) is 17.3 Å². The molecule has 686 valence electrons. The van der Waals surface area contributed by atoms with E-state index < -0.39 is 108 Å². The van der Waals surface area contributed by atoms with Gasteiger partial charge in [-0.15, -0.1) is 0 Å². The number of nitrogen functional groups attached to an aromatic ring is 2. The van der Waals surface area contributed by atoms with Gasteiger partial charge in [0.25, 0.3) is 23.6 Å². The van der Waals surface area contributed by atoms with Crippen LogP contribution in [0.25, 0.3) is 33.4 Å². The van der Waals surface area contributed by atoms with Gasteiger partial charge in [0, 0.05) is 83.1 Å². The molecule has 12 N–H and O–H groups in total. The van der Waals surface area contributed by atoms with Crippen LogP contribution in [0, 0.1) is 23.7 Å². The number of benzene rings is 2. The molecule has 0 spiro atoms. The first-order valence-electron chi connectivity index (χ1n) is 43.6. The van der Waals surface area contributed by atoms with Crippen LogP contribution < -0.4 is 22.5 Å². The standard InChI is InChI=1S/C90H134N12O22/c1-12-13-14-18-57(4)73(113-10)51-66-19-17-29-90(112,123-66)82(108)85(109)101-31-16-15-20-69(101)86(110)121-74(67(91)48-61-22-25-70(103)75(49-61)114-11)52-71(104)58(5)46-60(7)80(106)81(107)78(59(6)45-56(2)3)99-124-89(8,9)87(111)94-30-34-116-36-38-118-40-42-120-44-43-119-41-39-117-37-35-115-33-28-76(105)100-32-27-63-47-62(21-23-65(63)54-100)53-102-84-77(83(92)95-55-96-84)79(98-102)64-24-26-72-68(50-64)97-88(93)122-72/h12-14,18,21,23-24,26,46-47,50,55-56,58-59,61,66-67,69-71,73-75,80-81,103-104,106-107,112H,1,15-17,19-20,22,25,27-45,48-49,51-54,91H2,2-11H3,(H2,93,97)(H,94,111)(H2,92,95,96)/b14-13+,57-18+,60-46+,99-78+/t58-,59-,61+,66+,67-,69+,70-,71-,73+,74+,75-,80-,81+,90-/m1/s1. The number of carbonyl (C=O) groups is 5. The Morgan fingerprint density at radius 3 is 2.17 bits per heavy atom. The number of nitrogens with one attached hydrogen (secondary N) is 1. The number of allylic oxidation sites excluding steroid dienone is 4. The molecule has 1 saturated carbocycles. The highest BCUT2D eigenvalue weighted by Gasteiger charge is 2.50. The number of esters is 1. The molecule has 34 nitrogen and oxygen atoms in total. The number of fused-ring (bicyclic) bond motifs is 3. The number of aliphatic hydroxyl groups excluding tert-OH is 4. The number of ether oxygens (including phenoxy) is 10. The van der Waals surface area contributed by atoms with Gasteiger partial charge in [-0.25, -0.2) is 19.4 Å². The number of hydrogen-bond donors (Lipinski definition) is 9. The minimum atomic E-state index is -2.45. The van der Waals surface area contributed by atoms with Gasteiger partial charge in [0.05, 0.1) is 134 Å². The highest BCUT2D eigenvalue weighted by Crippen LogP contribution is 2.37. The predicted molar refractivity (Wildman–Crippen MR) is 464 cm³/mol. The van der Waals surface area contributed by atoms with Gasteiger partial charge in [0.1, 0.15) is 47.7 Å². The topological polar surface area (TPSA) is 467 Å². The van der Waals surface area contributed by atoms with Gasteiger partial charge < -0.3 is 114 Å². The molecular formula is C90H134N12O22. The van der Waals surface area contributed by atoms with E-state index >= 15 is 0 Å². The molecule has 0 unspecified atom stereocenters. The van der Waals surface area contributed by atoms with E-state index in [-0.39, 0.29) is 93.6 Å². The molecule has 9 rings (SSSR count). The summed E-state index contributed by atoms with van der Waals surface area (Å²) in [5.41, 5.74) is 25.4. The number of Topliss-reactive ketones (excluding diaryl/α,β-unsaturated/α-hetero) is 1. The Kier molecular flexibility index (Phi) is 39.2. The van der Waals surface area contributed by atoms with E-state index in [0.717, 1.165) is 33.6 Å². The molecule has 2 saturated heterocycles. The number of rotatable bonds is 51. The number of oxime groups is 1. The van der Waals surface area contributed by atoms with E-state index in [2.05, 4.69) is 44.1 Å². The van der Waals surface area contributed by atoms with Crippen LogP contribution >= 0.6 is 0 Å². The van der Waals surface area contributed by atoms with Gasteiger partial charge in [0.15, 0.2) is 11.2 Å². The molecule has 3 amide bonds. The summed E-state index contributed by atoms with van der Waals surface area (Å²) in [5, 5.41) is 71.0. The second kappa shape index (κ2) is 49.0. The highest BCUT2D eigenvalue weighted by atomic mass is 16.7. The quantitative estimate of drug-likeness (QED) is 0.00350. The number of methoxy groups -OCH3 is 2. The van der Waals surface area contributed by atoms with Crippen LogP contribution in [0.5, 0.6) is 0 Å². The first kappa shape index (κ1) is 99.2. The number of likely N-dealkylation sites (tertiary alicyclic amines) is 1. The average Bonchev–Trinajstić information content (AvgIpc) is 1.60. The molecule has 2 aromatic carbocycles. The van der Waals surface area contributed by atoms with Crippen molar-refractivity contribution < 1.29 is 106 Å². The highest BCUT2D eigenvalue weighted by molar-refractivity contribution is 6.39. The fourth-order valence-electron chi connectivity index (χ4n) is 16.3.